The van der Waals surface area contributed by atoms with Crippen molar-refractivity contribution in [2.24, 2.45) is 0 Å². The number of carbonyl (C=O) groups excluding carboxylic acids is 2. The van der Waals surface area contributed by atoms with Crippen molar-refractivity contribution in [3.05, 3.63) is 69.7 Å². The van der Waals surface area contributed by atoms with E-state index in [0.717, 1.165) is 34.0 Å². The standard InChI is InChI=1S/C20H16BrNO3/c1-2-11-22-17-14(9-6-10-16(17)21)20(19(22)24)15(12-23)18(25-20)13-7-4-3-5-8-13/h3-10,12H,2,11H2,1H3/t20-/m1/s1. The summed E-state index contributed by atoms with van der Waals surface area (Å²) >= 11 is 3.54. The van der Waals surface area contributed by atoms with Crippen molar-refractivity contribution < 1.29 is 14.3 Å². The average Bonchev–Trinajstić information content (AvgIpc) is 2.86. The molecular weight excluding hydrogens is 382 g/mol. The lowest BCUT2D eigenvalue weighted by Crippen LogP contribution is -2.49. The number of fused-ring (bicyclic) bond motifs is 2. The van der Waals surface area contributed by atoms with Crippen LogP contribution in [-0.4, -0.2) is 18.7 Å². The molecule has 1 amide bonds. The Morgan fingerprint density at radius 2 is 1.92 bits per heavy atom. The second-order valence-electron chi connectivity index (χ2n) is 6.10. The number of benzene rings is 2. The lowest BCUT2D eigenvalue weighted by Gasteiger charge is -2.40. The summed E-state index contributed by atoms with van der Waals surface area (Å²) in [5.74, 6) is 0.284. The number of nitrogens with zero attached hydrogens (tertiary/aromatic N) is 1. The van der Waals surface area contributed by atoms with Crippen LogP contribution in [-0.2, 0) is 19.9 Å². The van der Waals surface area contributed by atoms with Gasteiger partial charge in [-0.2, -0.15) is 0 Å². The first-order valence-electron chi connectivity index (χ1n) is 8.20. The van der Waals surface area contributed by atoms with Gasteiger partial charge in [0.15, 0.2) is 6.29 Å². The zero-order chi connectivity index (χ0) is 17.6. The molecule has 2 heterocycles. The number of aldehydes is 1. The average molecular weight is 398 g/mol. The lowest BCUT2D eigenvalue weighted by atomic mass is 9.81. The number of hydrogen-bond acceptors (Lipinski definition) is 3. The molecule has 0 saturated carbocycles. The maximum Gasteiger partial charge on any atom is 0.281 e. The van der Waals surface area contributed by atoms with Crippen LogP contribution in [0.5, 0.6) is 0 Å². The van der Waals surface area contributed by atoms with Crippen LogP contribution in [0.2, 0.25) is 0 Å². The highest BCUT2D eigenvalue weighted by Gasteiger charge is 2.62. The monoisotopic (exact) mass is 397 g/mol. The molecule has 25 heavy (non-hydrogen) atoms. The molecule has 4 rings (SSSR count). The van der Waals surface area contributed by atoms with Gasteiger partial charge in [-0.1, -0.05) is 49.4 Å². The van der Waals surface area contributed by atoms with Crippen LogP contribution < -0.4 is 4.90 Å². The molecule has 1 spiro atoms. The van der Waals surface area contributed by atoms with E-state index in [1.54, 1.807) is 4.90 Å². The Balaban J connectivity index is 1.92. The zero-order valence-electron chi connectivity index (χ0n) is 13.7. The molecule has 0 fully saturated rings. The van der Waals surface area contributed by atoms with Crippen LogP contribution >= 0.6 is 15.9 Å². The number of amides is 1. The van der Waals surface area contributed by atoms with Gasteiger partial charge in [0, 0.05) is 22.1 Å². The van der Waals surface area contributed by atoms with E-state index >= 15 is 0 Å². The van der Waals surface area contributed by atoms with E-state index in [1.165, 1.54) is 0 Å². The molecule has 0 saturated heterocycles. The van der Waals surface area contributed by atoms with E-state index in [1.807, 2.05) is 55.5 Å². The lowest BCUT2D eigenvalue weighted by molar-refractivity contribution is -0.137. The summed E-state index contributed by atoms with van der Waals surface area (Å²) in [6.07, 6.45) is 1.57. The molecule has 4 nitrogen and oxygen atoms in total. The molecule has 0 radical (unpaired) electrons. The van der Waals surface area contributed by atoms with E-state index in [2.05, 4.69) is 15.9 Å². The Hall–Kier alpha value is -2.40. The smallest absolute Gasteiger partial charge is 0.281 e. The molecule has 2 aliphatic heterocycles. The number of ether oxygens (including phenoxy) is 1. The molecular formula is C20H16BrNO3. The molecule has 2 aromatic carbocycles. The van der Waals surface area contributed by atoms with Crippen LogP contribution in [0.15, 0.2) is 58.6 Å². The van der Waals surface area contributed by atoms with E-state index in [-0.39, 0.29) is 5.91 Å². The van der Waals surface area contributed by atoms with Crippen molar-refractivity contribution in [3.8, 4) is 0 Å². The van der Waals surface area contributed by atoms with Crippen molar-refractivity contribution in [3.63, 3.8) is 0 Å². The Bertz CT molecular complexity index is 906. The Morgan fingerprint density at radius 3 is 2.60 bits per heavy atom. The topological polar surface area (TPSA) is 46.6 Å². The summed E-state index contributed by atoms with van der Waals surface area (Å²) in [4.78, 5) is 26.9. The molecule has 5 heteroatoms. The normalized spacial score (nSPS) is 21.2. The molecule has 1 atom stereocenters. The number of halogens is 1. The highest BCUT2D eigenvalue weighted by molar-refractivity contribution is 9.10. The fourth-order valence-corrected chi connectivity index (χ4v) is 4.17. The van der Waals surface area contributed by atoms with Gasteiger partial charge < -0.3 is 9.64 Å². The zero-order valence-corrected chi connectivity index (χ0v) is 15.2. The quantitative estimate of drug-likeness (QED) is 0.731. The molecule has 0 N–H and O–H groups in total. The van der Waals surface area contributed by atoms with Gasteiger partial charge in [0.05, 0.1) is 11.3 Å². The van der Waals surface area contributed by atoms with Crippen LogP contribution in [0.4, 0.5) is 5.69 Å². The van der Waals surface area contributed by atoms with Crippen LogP contribution in [0.1, 0.15) is 24.5 Å². The molecule has 0 unspecified atom stereocenters. The van der Waals surface area contributed by atoms with E-state index in [0.29, 0.717) is 17.9 Å². The third-order valence-electron chi connectivity index (χ3n) is 4.66. The summed E-state index contributed by atoms with van der Waals surface area (Å²) in [6.45, 7) is 2.59. The number of rotatable bonds is 4. The predicted octanol–water partition coefficient (Wildman–Crippen LogP) is 4.04. The van der Waals surface area contributed by atoms with Gasteiger partial charge in [-0.15, -0.1) is 0 Å². The van der Waals surface area contributed by atoms with Crippen molar-refractivity contribution in [1.82, 2.24) is 0 Å². The third-order valence-corrected chi connectivity index (χ3v) is 5.30. The minimum atomic E-state index is -1.32. The van der Waals surface area contributed by atoms with E-state index < -0.39 is 5.60 Å². The van der Waals surface area contributed by atoms with Crippen LogP contribution in [0, 0.1) is 0 Å². The van der Waals surface area contributed by atoms with Crippen molar-refractivity contribution >= 4 is 39.6 Å². The van der Waals surface area contributed by atoms with Crippen LogP contribution in [0.25, 0.3) is 5.76 Å². The predicted molar refractivity (Wildman–Crippen MR) is 99.0 cm³/mol. The van der Waals surface area contributed by atoms with Gasteiger partial charge in [0.1, 0.15) is 5.76 Å². The summed E-state index contributed by atoms with van der Waals surface area (Å²) in [5, 5.41) is 0. The molecule has 2 aliphatic rings. The SMILES string of the molecule is CCCN1C(=O)[C@@]2(OC(c3ccccc3)=C2C=O)c2cccc(Br)c21. The summed E-state index contributed by atoms with van der Waals surface area (Å²) in [5.41, 5.74) is 1.39. The largest absolute Gasteiger partial charge is 0.466 e. The third kappa shape index (κ3) is 2.05. The van der Waals surface area contributed by atoms with Gasteiger partial charge >= 0.3 is 0 Å². The Morgan fingerprint density at radius 1 is 1.16 bits per heavy atom. The molecule has 0 aliphatic carbocycles. The first-order valence-corrected chi connectivity index (χ1v) is 8.99. The van der Waals surface area contributed by atoms with Gasteiger partial charge in [-0.25, -0.2) is 0 Å². The second kappa shape index (κ2) is 5.85. The number of para-hydroxylation sites is 1. The van der Waals surface area contributed by atoms with Gasteiger partial charge in [0.25, 0.3) is 5.91 Å². The first kappa shape index (κ1) is 16.1. The highest BCUT2D eigenvalue weighted by Crippen LogP contribution is 2.57. The van der Waals surface area contributed by atoms with Crippen molar-refractivity contribution in [2.45, 2.75) is 18.9 Å². The van der Waals surface area contributed by atoms with Crippen molar-refractivity contribution in [2.75, 3.05) is 11.4 Å². The fraction of sp³-hybridized carbons (Fsp3) is 0.200. The van der Waals surface area contributed by atoms with Gasteiger partial charge in [-0.05, 0) is 28.4 Å². The van der Waals surface area contributed by atoms with Crippen molar-refractivity contribution in [1.29, 1.82) is 0 Å². The van der Waals surface area contributed by atoms with Crippen LogP contribution in [0.3, 0.4) is 0 Å². The number of hydrogen-bond donors (Lipinski definition) is 0. The molecule has 0 bridgehead atoms. The van der Waals surface area contributed by atoms with E-state index in [4.69, 9.17) is 4.74 Å². The molecule has 2 aromatic rings. The maximum atomic E-state index is 13.2. The molecule has 0 aromatic heterocycles. The van der Waals surface area contributed by atoms with E-state index in [9.17, 15) is 9.59 Å². The minimum absolute atomic E-state index is 0.196. The summed E-state index contributed by atoms with van der Waals surface area (Å²) in [6, 6.07) is 15.0. The fourth-order valence-electron chi connectivity index (χ4n) is 3.59. The molecule has 126 valence electrons. The summed E-state index contributed by atoms with van der Waals surface area (Å²) < 4.78 is 6.91. The maximum absolute atomic E-state index is 13.2. The summed E-state index contributed by atoms with van der Waals surface area (Å²) in [7, 11) is 0. The van der Waals surface area contributed by atoms with Gasteiger partial charge in [-0.3, -0.25) is 9.59 Å². The van der Waals surface area contributed by atoms with Gasteiger partial charge in [0.2, 0.25) is 5.60 Å². The highest BCUT2D eigenvalue weighted by atomic mass is 79.9. The Kier molecular flexibility index (Phi) is 3.76. The first-order chi connectivity index (χ1) is 12.1. The number of carbonyl (C=O) groups is 2. The second-order valence-corrected chi connectivity index (χ2v) is 6.96. The minimum Gasteiger partial charge on any atom is -0.466 e. The Labute approximate surface area is 154 Å². The number of anilines is 1.